The lowest BCUT2D eigenvalue weighted by molar-refractivity contribution is 0.112. The van der Waals surface area contributed by atoms with Gasteiger partial charge in [-0.1, -0.05) is 43.4 Å². The molecule has 0 unspecified atom stereocenters. The van der Waals surface area contributed by atoms with E-state index in [0.29, 0.717) is 10.8 Å². The number of hydrogen-bond acceptors (Lipinski definition) is 3. The van der Waals surface area contributed by atoms with Crippen LogP contribution in [0.4, 0.5) is 0 Å². The number of para-hydroxylation sites is 1. The Morgan fingerprint density at radius 1 is 1.18 bits per heavy atom. The molecule has 88 valence electrons. The van der Waals surface area contributed by atoms with Crippen LogP contribution in [0.2, 0.25) is 0 Å². The Bertz CT molecular complexity index is 514. The molecule has 3 heteroatoms. The Morgan fingerprint density at radius 3 is 2.59 bits per heavy atom. The van der Waals surface area contributed by atoms with Crippen LogP contribution in [-0.4, -0.2) is 6.29 Å². The van der Waals surface area contributed by atoms with Crippen LogP contribution in [0, 0.1) is 0 Å². The number of hydrogen-bond donors (Lipinski definition) is 0. The average molecular weight is 246 g/mol. The van der Waals surface area contributed by atoms with Crippen LogP contribution < -0.4 is 4.74 Å². The molecule has 0 aliphatic rings. The first kappa shape index (κ1) is 11.9. The molecule has 0 radical (unpaired) electrons. The summed E-state index contributed by atoms with van der Waals surface area (Å²) in [5.41, 5.74) is 1.17. The highest BCUT2D eigenvalue weighted by Gasteiger charge is 2.09. The zero-order valence-electron chi connectivity index (χ0n) is 9.84. The first-order valence-electron chi connectivity index (χ1n) is 5.52. The van der Waals surface area contributed by atoms with Crippen LogP contribution >= 0.6 is 11.3 Å². The van der Waals surface area contributed by atoms with E-state index in [1.54, 1.807) is 6.07 Å². The molecule has 2 nitrogen and oxygen atoms in total. The van der Waals surface area contributed by atoms with Crippen LogP contribution in [0.1, 0.15) is 35.0 Å². The predicted molar refractivity (Wildman–Crippen MR) is 70.3 cm³/mol. The fourth-order valence-electron chi connectivity index (χ4n) is 1.61. The lowest BCUT2D eigenvalue weighted by Crippen LogP contribution is -1.92. The number of carbonyl (C=O) groups is 1. The highest BCUT2D eigenvalue weighted by molar-refractivity contribution is 7.15. The average Bonchev–Trinajstić information content (AvgIpc) is 2.77. The van der Waals surface area contributed by atoms with Gasteiger partial charge >= 0.3 is 0 Å². The van der Waals surface area contributed by atoms with E-state index in [1.165, 1.54) is 16.9 Å². The molecule has 1 heterocycles. The minimum atomic E-state index is 0.414. The number of ether oxygens (including phenoxy) is 1. The summed E-state index contributed by atoms with van der Waals surface area (Å²) in [6.45, 7) is 4.26. The summed E-state index contributed by atoms with van der Waals surface area (Å²) in [6.07, 6.45) is 0.839. The molecule has 0 spiro atoms. The molecule has 0 atom stereocenters. The third kappa shape index (κ3) is 2.74. The Morgan fingerprint density at radius 2 is 1.94 bits per heavy atom. The van der Waals surface area contributed by atoms with Gasteiger partial charge in [0.1, 0.15) is 5.75 Å². The maximum atomic E-state index is 10.6. The first-order chi connectivity index (χ1) is 8.20. The Balaban J connectivity index is 2.26. The number of benzene rings is 1. The lowest BCUT2D eigenvalue weighted by atomic mass is 10.0. The molecular formula is C14H14O2S. The van der Waals surface area contributed by atoms with Gasteiger partial charge in [0.2, 0.25) is 0 Å². The van der Waals surface area contributed by atoms with Crippen LogP contribution in [0.15, 0.2) is 36.4 Å². The molecule has 0 saturated heterocycles. The van der Waals surface area contributed by atoms with E-state index in [4.69, 9.17) is 4.74 Å². The topological polar surface area (TPSA) is 26.3 Å². The Hall–Kier alpha value is -1.61. The molecule has 2 rings (SSSR count). The molecular weight excluding hydrogens is 232 g/mol. The highest BCUT2D eigenvalue weighted by Crippen LogP contribution is 2.33. The second-order valence-corrected chi connectivity index (χ2v) is 5.15. The zero-order valence-corrected chi connectivity index (χ0v) is 10.7. The van der Waals surface area contributed by atoms with Crippen LogP contribution in [0.25, 0.3) is 0 Å². The van der Waals surface area contributed by atoms with Crippen molar-refractivity contribution < 1.29 is 9.53 Å². The van der Waals surface area contributed by atoms with Gasteiger partial charge < -0.3 is 4.74 Å². The summed E-state index contributed by atoms with van der Waals surface area (Å²) >= 11 is 1.36. The maximum Gasteiger partial charge on any atom is 0.181 e. The summed E-state index contributed by atoms with van der Waals surface area (Å²) in [5, 5.41) is 0.750. The molecule has 1 aromatic heterocycles. The van der Waals surface area contributed by atoms with Crippen LogP contribution in [0.3, 0.4) is 0 Å². The van der Waals surface area contributed by atoms with Crippen LogP contribution in [0.5, 0.6) is 10.8 Å². The summed E-state index contributed by atoms with van der Waals surface area (Å²) in [4.78, 5) is 11.3. The van der Waals surface area contributed by atoms with Gasteiger partial charge in [-0.3, -0.25) is 4.79 Å². The van der Waals surface area contributed by atoms with Crippen molar-refractivity contribution >= 4 is 17.6 Å². The fourth-order valence-corrected chi connectivity index (χ4v) is 2.30. The van der Waals surface area contributed by atoms with Crippen molar-refractivity contribution in [2.45, 2.75) is 19.8 Å². The lowest BCUT2D eigenvalue weighted by Gasteiger charge is -2.11. The number of thiophene rings is 1. The molecule has 0 amide bonds. The first-order valence-corrected chi connectivity index (χ1v) is 6.34. The van der Waals surface area contributed by atoms with Crippen LogP contribution in [-0.2, 0) is 0 Å². The van der Waals surface area contributed by atoms with Crippen molar-refractivity contribution in [3.63, 3.8) is 0 Å². The third-order valence-corrected chi connectivity index (χ3v) is 3.36. The van der Waals surface area contributed by atoms with E-state index in [9.17, 15) is 4.79 Å². The third-order valence-electron chi connectivity index (χ3n) is 2.47. The quantitative estimate of drug-likeness (QED) is 0.744. The molecule has 0 fully saturated rings. The van der Waals surface area contributed by atoms with E-state index in [1.807, 2.05) is 24.3 Å². The minimum Gasteiger partial charge on any atom is -0.446 e. The Kier molecular flexibility index (Phi) is 3.59. The smallest absolute Gasteiger partial charge is 0.181 e. The summed E-state index contributed by atoms with van der Waals surface area (Å²) < 4.78 is 5.81. The normalized spacial score (nSPS) is 10.5. The van der Waals surface area contributed by atoms with Gasteiger partial charge in [0.25, 0.3) is 0 Å². The molecule has 1 aromatic carbocycles. The summed E-state index contributed by atoms with van der Waals surface area (Å²) in [7, 11) is 0. The summed E-state index contributed by atoms with van der Waals surface area (Å²) in [5.74, 6) is 1.28. The Labute approximate surface area is 105 Å². The molecule has 2 aromatic rings. The van der Waals surface area contributed by atoms with Crippen molar-refractivity contribution in [1.29, 1.82) is 0 Å². The minimum absolute atomic E-state index is 0.414. The molecule has 0 aliphatic carbocycles. The molecule has 0 saturated carbocycles. The standard InChI is InChI=1S/C14H14O2S/c1-10(2)12-5-3-4-6-13(12)16-14-8-7-11(9-15)17-14/h3-10H,1-2H3. The largest absolute Gasteiger partial charge is 0.446 e. The second-order valence-electron chi connectivity index (χ2n) is 4.07. The van der Waals surface area contributed by atoms with Gasteiger partial charge in [-0.05, 0) is 29.7 Å². The monoisotopic (exact) mass is 246 g/mol. The van der Waals surface area contributed by atoms with E-state index in [2.05, 4.69) is 19.9 Å². The van der Waals surface area contributed by atoms with Gasteiger partial charge in [-0.15, -0.1) is 0 Å². The van der Waals surface area contributed by atoms with E-state index in [-0.39, 0.29) is 0 Å². The summed E-state index contributed by atoms with van der Waals surface area (Å²) in [6, 6.07) is 11.6. The van der Waals surface area contributed by atoms with Crippen molar-refractivity contribution in [3.8, 4) is 10.8 Å². The number of carbonyl (C=O) groups excluding carboxylic acids is 1. The van der Waals surface area contributed by atoms with Crippen molar-refractivity contribution in [2.75, 3.05) is 0 Å². The van der Waals surface area contributed by atoms with Crippen molar-refractivity contribution in [2.24, 2.45) is 0 Å². The molecule has 0 N–H and O–H groups in total. The number of rotatable bonds is 4. The zero-order chi connectivity index (χ0) is 12.3. The molecule has 17 heavy (non-hydrogen) atoms. The van der Waals surface area contributed by atoms with Crippen molar-refractivity contribution in [1.82, 2.24) is 0 Å². The molecule has 0 aliphatic heterocycles. The van der Waals surface area contributed by atoms with Gasteiger partial charge in [0.15, 0.2) is 11.3 Å². The van der Waals surface area contributed by atoms with E-state index < -0.39 is 0 Å². The van der Waals surface area contributed by atoms with E-state index in [0.717, 1.165) is 17.1 Å². The van der Waals surface area contributed by atoms with Gasteiger partial charge in [0, 0.05) is 0 Å². The maximum absolute atomic E-state index is 10.6. The predicted octanol–water partition coefficient (Wildman–Crippen LogP) is 4.48. The number of aldehydes is 1. The van der Waals surface area contributed by atoms with Gasteiger partial charge in [-0.2, -0.15) is 0 Å². The van der Waals surface area contributed by atoms with Crippen molar-refractivity contribution in [3.05, 3.63) is 46.8 Å². The fraction of sp³-hybridized carbons (Fsp3) is 0.214. The highest BCUT2D eigenvalue weighted by atomic mass is 32.1. The van der Waals surface area contributed by atoms with Gasteiger partial charge in [0.05, 0.1) is 4.88 Å². The van der Waals surface area contributed by atoms with E-state index >= 15 is 0 Å². The second kappa shape index (κ2) is 5.15. The van der Waals surface area contributed by atoms with Gasteiger partial charge in [-0.25, -0.2) is 0 Å². The molecule has 0 bridgehead atoms. The SMILES string of the molecule is CC(C)c1ccccc1Oc1ccc(C=O)s1.